The Labute approximate surface area is 350 Å². The molecule has 0 radical (unpaired) electrons. The number of benzene rings is 3. The van der Waals surface area contributed by atoms with Crippen LogP contribution in [0.25, 0.3) is 21.8 Å². The van der Waals surface area contributed by atoms with Crippen LogP contribution in [0.4, 0.5) is 5.69 Å². The molecule has 7 rings (SSSR count). The number of rotatable bonds is 14. The van der Waals surface area contributed by atoms with Crippen molar-refractivity contribution in [2.45, 2.75) is 57.6 Å². The third kappa shape index (κ3) is 12.2. The van der Waals surface area contributed by atoms with E-state index >= 15 is 0 Å². The van der Waals surface area contributed by atoms with Gasteiger partial charge in [-0.1, -0.05) is 54.1 Å². The highest BCUT2D eigenvalue weighted by Crippen LogP contribution is 2.27. The Kier molecular flexibility index (Phi) is 15.2. The van der Waals surface area contributed by atoms with Gasteiger partial charge in [-0.25, -0.2) is 4.98 Å². The lowest BCUT2D eigenvalue weighted by Crippen LogP contribution is -2.51. The molecule has 0 spiro atoms. The molecule has 14 heteroatoms. The number of anilines is 1. The van der Waals surface area contributed by atoms with Gasteiger partial charge in [-0.2, -0.15) is 0 Å². The molecule has 2 aliphatic heterocycles. The number of likely N-dealkylation sites (N-methyl/N-ethyl adjacent to an activating group) is 1. The van der Waals surface area contributed by atoms with E-state index in [1.54, 1.807) is 30.5 Å². The Hall–Kier alpha value is -5.21. The minimum Gasteiger partial charge on any atom is -0.388 e. The van der Waals surface area contributed by atoms with Crippen molar-refractivity contribution in [2.24, 2.45) is 5.92 Å². The van der Waals surface area contributed by atoms with Crippen LogP contribution in [0.1, 0.15) is 43.2 Å². The fraction of sp³-hybridized carbons (Fsp3) is 0.422. The number of nitrogens with zero attached hydrogens (tertiary/aromatic N) is 6. The van der Waals surface area contributed by atoms with E-state index < -0.39 is 5.60 Å². The lowest BCUT2D eigenvalue weighted by atomic mass is 9.88. The number of carbonyl (C=O) groups is 3. The predicted octanol–water partition coefficient (Wildman–Crippen LogP) is 4.91. The number of aliphatic hydroxyl groups is 1. The Morgan fingerprint density at radius 2 is 1.66 bits per heavy atom. The number of hydrogen-bond donors (Lipinski definition) is 3. The van der Waals surface area contributed by atoms with E-state index in [1.165, 1.54) is 16.5 Å². The molecule has 2 fully saturated rings. The van der Waals surface area contributed by atoms with Gasteiger partial charge in [-0.3, -0.25) is 28.7 Å². The lowest BCUT2D eigenvalue weighted by molar-refractivity contribution is -0.140. The van der Waals surface area contributed by atoms with Gasteiger partial charge in [-0.05, 0) is 87.5 Å². The van der Waals surface area contributed by atoms with Crippen LogP contribution in [0.2, 0.25) is 5.02 Å². The molecule has 1 atom stereocenters. The van der Waals surface area contributed by atoms with E-state index in [9.17, 15) is 24.3 Å². The minimum absolute atomic E-state index is 0.0498. The summed E-state index contributed by atoms with van der Waals surface area (Å²) < 4.78 is 1.44. The molecule has 0 bridgehead atoms. The van der Waals surface area contributed by atoms with Gasteiger partial charge in [-0.15, -0.1) is 0 Å². The summed E-state index contributed by atoms with van der Waals surface area (Å²) in [5.74, 6) is -0.255. The molecular formula is C45H55ClN8O5. The van der Waals surface area contributed by atoms with Gasteiger partial charge in [0.2, 0.25) is 18.2 Å². The average Bonchev–Trinajstić information content (AvgIpc) is 3.23. The summed E-state index contributed by atoms with van der Waals surface area (Å²) in [6.45, 7) is 8.05. The standard InChI is InChI=1S/C35H47N7O5.C10H8ClN/c1-39-18-20-40(21-19-39)15-11-32(44)38-29-9-10-30-31(23-29)37-25-42(34(30)46)24-35(47)12-16-41(17-13-35)33(45)28(8-5-14-36-26-43)22-27-6-3-2-4-7-27;1-7-2-3-8-9(11)4-5-12-10(8)6-7/h2-4,6-7,9-10,23,25-26,28,47H,5,8,11-22,24H2,1H3,(H,36,43)(H,38,44);2-6H,1H3. The van der Waals surface area contributed by atoms with Crippen LogP contribution < -0.4 is 16.2 Å². The Balaban J connectivity index is 0.000000414. The van der Waals surface area contributed by atoms with Crippen LogP contribution in [-0.2, 0) is 27.3 Å². The number of halogens is 1. The number of hydrogen-bond acceptors (Lipinski definition) is 9. The number of carbonyl (C=O) groups excluding carboxylic acids is 3. The van der Waals surface area contributed by atoms with Crippen molar-refractivity contribution in [1.29, 1.82) is 0 Å². The van der Waals surface area contributed by atoms with Crippen molar-refractivity contribution >= 4 is 57.3 Å². The van der Waals surface area contributed by atoms with E-state index in [2.05, 4.69) is 37.4 Å². The molecule has 2 aromatic heterocycles. The topological polar surface area (TPSA) is 153 Å². The second kappa shape index (κ2) is 20.7. The highest BCUT2D eigenvalue weighted by atomic mass is 35.5. The van der Waals surface area contributed by atoms with Crippen molar-refractivity contribution in [3.8, 4) is 0 Å². The fourth-order valence-corrected chi connectivity index (χ4v) is 7.94. The zero-order valence-electron chi connectivity index (χ0n) is 34.0. The van der Waals surface area contributed by atoms with Gasteiger partial charge >= 0.3 is 0 Å². The number of aromatic nitrogens is 3. The summed E-state index contributed by atoms with van der Waals surface area (Å²) >= 11 is 5.97. The monoisotopic (exact) mass is 822 g/mol. The number of fused-ring (bicyclic) bond motifs is 2. The Morgan fingerprint density at radius 3 is 2.41 bits per heavy atom. The van der Waals surface area contributed by atoms with Crippen LogP contribution >= 0.6 is 11.6 Å². The van der Waals surface area contributed by atoms with Gasteiger partial charge in [0.15, 0.2) is 0 Å². The van der Waals surface area contributed by atoms with Crippen LogP contribution in [0, 0.1) is 12.8 Å². The maximum Gasteiger partial charge on any atom is 0.261 e. The summed E-state index contributed by atoms with van der Waals surface area (Å²) in [7, 11) is 2.10. The van der Waals surface area contributed by atoms with Crippen LogP contribution in [0.3, 0.4) is 0 Å². The maximum atomic E-state index is 13.6. The third-order valence-electron chi connectivity index (χ3n) is 11.3. The average molecular weight is 823 g/mol. The molecule has 0 saturated carbocycles. The molecular weight excluding hydrogens is 768 g/mol. The molecule has 2 saturated heterocycles. The van der Waals surface area contributed by atoms with E-state index in [0.29, 0.717) is 87.7 Å². The van der Waals surface area contributed by atoms with Gasteiger partial charge in [0, 0.05) is 82.0 Å². The van der Waals surface area contributed by atoms with Crippen LogP contribution in [-0.4, -0.2) is 118 Å². The maximum absolute atomic E-state index is 13.6. The number of aryl methyl sites for hydroxylation is 1. The highest BCUT2D eigenvalue weighted by Gasteiger charge is 2.36. The van der Waals surface area contributed by atoms with Crippen molar-refractivity contribution in [2.75, 3.05) is 64.7 Å². The first kappa shape index (κ1) is 43.4. The van der Waals surface area contributed by atoms with E-state index in [1.807, 2.05) is 60.4 Å². The molecule has 2 aliphatic rings. The first-order valence-corrected chi connectivity index (χ1v) is 20.8. The van der Waals surface area contributed by atoms with Crippen molar-refractivity contribution < 1.29 is 19.5 Å². The van der Waals surface area contributed by atoms with E-state index in [4.69, 9.17) is 11.6 Å². The van der Waals surface area contributed by atoms with Gasteiger partial charge < -0.3 is 30.4 Å². The smallest absolute Gasteiger partial charge is 0.261 e. The first-order valence-electron chi connectivity index (χ1n) is 20.4. The summed E-state index contributed by atoms with van der Waals surface area (Å²) in [5, 5.41) is 19.3. The zero-order valence-corrected chi connectivity index (χ0v) is 34.7. The van der Waals surface area contributed by atoms with Gasteiger partial charge in [0.05, 0.1) is 39.9 Å². The SMILES string of the molecule is CN1CCN(CCC(=O)Nc2ccc3c(=O)n(CC4(O)CCN(C(=O)C(CCCNC=O)Cc5ccccc5)CC4)cnc3c2)CC1.Cc1ccc2c(Cl)ccnc2c1. The second-order valence-electron chi connectivity index (χ2n) is 15.8. The molecule has 3 N–H and O–H groups in total. The number of nitrogens with one attached hydrogen (secondary N) is 2. The number of likely N-dealkylation sites (tertiary alicyclic amines) is 1. The first-order chi connectivity index (χ1) is 28.5. The molecule has 3 amide bonds. The highest BCUT2D eigenvalue weighted by molar-refractivity contribution is 6.35. The van der Waals surface area contributed by atoms with Gasteiger partial charge in [0.25, 0.3) is 5.56 Å². The Morgan fingerprint density at radius 1 is 0.932 bits per heavy atom. The molecule has 59 heavy (non-hydrogen) atoms. The molecule has 1 unspecified atom stereocenters. The van der Waals surface area contributed by atoms with Crippen LogP contribution in [0.15, 0.2) is 90.1 Å². The van der Waals surface area contributed by atoms with E-state index in [0.717, 1.165) is 47.7 Å². The summed E-state index contributed by atoms with van der Waals surface area (Å²) in [5.41, 5.74) is 2.90. The van der Waals surface area contributed by atoms with Crippen molar-refractivity contribution in [1.82, 2.24) is 34.6 Å². The molecule has 4 heterocycles. The largest absolute Gasteiger partial charge is 0.388 e. The van der Waals surface area contributed by atoms with Crippen molar-refractivity contribution in [3.63, 3.8) is 0 Å². The van der Waals surface area contributed by atoms with Crippen molar-refractivity contribution in [3.05, 3.63) is 112 Å². The Bertz CT molecular complexity index is 2250. The number of pyridine rings is 1. The molecule has 5 aromatic rings. The van der Waals surface area contributed by atoms with Crippen LogP contribution in [0.5, 0.6) is 0 Å². The number of piperidine rings is 1. The minimum atomic E-state index is -1.16. The second-order valence-corrected chi connectivity index (χ2v) is 16.2. The summed E-state index contributed by atoms with van der Waals surface area (Å²) in [6.07, 6.45) is 6.88. The zero-order chi connectivity index (χ0) is 41.8. The quantitative estimate of drug-likeness (QED) is 0.105. The number of amides is 3. The third-order valence-corrected chi connectivity index (χ3v) is 11.6. The summed E-state index contributed by atoms with van der Waals surface area (Å²) in [4.78, 5) is 65.3. The predicted molar refractivity (Wildman–Crippen MR) is 232 cm³/mol. The molecule has 3 aromatic carbocycles. The fourth-order valence-electron chi connectivity index (χ4n) is 7.72. The number of piperazine rings is 1. The normalized spacial score (nSPS) is 16.2. The van der Waals surface area contributed by atoms with E-state index in [-0.39, 0.29) is 29.8 Å². The molecule has 0 aliphatic carbocycles. The molecule has 13 nitrogen and oxygen atoms in total. The molecule has 312 valence electrons. The lowest BCUT2D eigenvalue weighted by Gasteiger charge is -2.39. The van der Waals surface area contributed by atoms with Gasteiger partial charge in [0.1, 0.15) is 0 Å². The summed E-state index contributed by atoms with van der Waals surface area (Å²) in [6, 6.07) is 22.9.